The third-order valence-corrected chi connectivity index (χ3v) is 3.69. The largest absolute Gasteiger partial charge is 0.398 e. The summed E-state index contributed by atoms with van der Waals surface area (Å²) >= 11 is 7.44. The van der Waals surface area contributed by atoms with Crippen LogP contribution in [0.5, 0.6) is 0 Å². The van der Waals surface area contributed by atoms with Gasteiger partial charge in [-0.3, -0.25) is 0 Å². The third-order valence-electron chi connectivity index (χ3n) is 2.32. The SMILES string of the molecule is Nc1ccc(SCc2ccccc2F)cc1Cl. The Morgan fingerprint density at radius 1 is 1.18 bits per heavy atom. The Balaban J connectivity index is 2.08. The minimum atomic E-state index is -0.179. The highest BCUT2D eigenvalue weighted by Gasteiger charge is 2.03. The molecule has 17 heavy (non-hydrogen) atoms. The van der Waals surface area contributed by atoms with E-state index in [0.717, 1.165) is 4.90 Å². The highest BCUT2D eigenvalue weighted by molar-refractivity contribution is 7.98. The van der Waals surface area contributed by atoms with Crippen LogP contribution in [-0.2, 0) is 5.75 Å². The van der Waals surface area contributed by atoms with Gasteiger partial charge in [0.05, 0.1) is 10.7 Å². The maximum absolute atomic E-state index is 13.4. The zero-order chi connectivity index (χ0) is 12.3. The molecule has 2 aromatic rings. The maximum atomic E-state index is 13.4. The van der Waals surface area contributed by atoms with E-state index in [2.05, 4.69) is 0 Å². The standard InChI is InChI=1S/C13H11ClFNS/c14-11-7-10(5-6-13(11)16)17-8-9-3-1-2-4-12(9)15/h1-7H,8,16H2. The van der Waals surface area contributed by atoms with Crippen molar-refractivity contribution in [3.63, 3.8) is 0 Å². The van der Waals surface area contributed by atoms with Crippen LogP contribution >= 0.6 is 23.4 Å². The van der Waals surface area contributed by atoms with Gasteiger partial charge in [0.2, 0.25) is 0 Å². The Hall–Kier alpha value is -1.19. The topological polar surface area (TPSA) is 26.0 Å². The van der Waals surface area contributed by atoms with Crippen LogP contribution in [0.3, 0.4) is 0 Å². The summed E-state index contributed by atoms with van der Waals surface area (Å²) in [6.07, 6.45) is 0. The fraction of sp³-hybridized carbons (Fsp3) is 0.0769. The normalized spacial score (nSPS) is 10.5. The van der Waals surface area contributed by atoms with Crippen molar-refractivity contribution in [3.8, 4) is 0 Å². The molecular formula is C13H11ClFNS. The predicted octanol–water partition coefficient (Wildman–Crippen LogP) is 4.35. The molecule has 4 heteroatoms. The van der Waals surface area contributed by atoms with E-state index in [-0.39, 0.29) is 5.82 Å². The lowest BCUT2D eigenvalue weighted by Gasteiger charge is -2.05. The zero-order valence-corrected chi connectivity index (χ0v) is 10.6. The van der Waals surface area contributed by atoms with Crippen molar-refractivity contribution in [1.29, 1.82) is 0 Å². The predicted molar refractivity (Wildman–Crippen MR) is 71.8 cm³/mol. The molecule has 0 unspecified atom stereocenters. The van der Waals surface area contributed by atoms with Crippen molar-refractivity contribution in [1.82, 2.24) is 0 Å². The molecule has 2 N–H and O–H groups in total. The molecule has 1 nitrogen and oxygen atoms in total. The molecule has 2 aromatic carbocycles. The molecule has 0 heterocycles. The second-order valence-electron chi connectivity index (χ2n) is 3.56. The van der Waals surface area contributed by atoms with E-state index in [4.69, 9.17) is 17.3 Å². The molecule has 0 radical (unpaired) electrons. The first kappa shape index (κ1) is 12.3. The summed E-state index contributed by atoms with van der Waals surface area (Å²) in [6, 6.07) is 12.2. The summed E-state index contributed by atoms with van der Waals surface area (Å²) in [6.45, 7) is 0. The molecule has 0 aliphatic heterocycles. The Morgan fingerprint density at radius 3 is 2.65 bits per heavy atom. The first-order valence-electron chi connectivity index (χ1n) is 5.08. The van der Waals surface area contributed by atoms with E-state index < -0.39 is 0 Å². The summed E-state index contributed by atoms with van der Waals surface area (Å²) in [4.78, 5) is 0.979. The molecule has 0 spiro atoms. The number of rotatable bonds is 3. The van der Waals surface area contributed by atoms with Gasteiger partial charge in [-0.2, -0.15) is 0 Å². The van der Waals surface area contributed by atoms with E-state index >= 15 is 0 Å². The number of thioether (sulfide) groups is 1. The van der Waals surface area contributed by atoms with Gasteiger partial charge < -0.3 is 5.73 Å². The molecule has 0 fully saturated rings. The highest BCUT2D eigenvalue weighted by atomic mass is 35.5. The van der Waals surface area contributed by atoms with Crippen molar-refractivity contribution in [3.05, 3.63) is 58.9 Å². The minimum absolute atomic E-state index is 0.179. The van der Waals surface area contributed by atoms with Crippen LogP contribution in [-0.4, -0.2) is 0 Å². The van der Waals surface area contributed by atoms with Crippen LogP contribution in [0.25, 0.3) is 0 Å². The summed E-state index contributed by atoms with van der Waals surface area (Å²) in [5.74, 6) is 0.397. The van der Waals surface area contributed by atoms with Gasteiger partial charge in [0.1, 0.15) is 5.82 Å². The second-order valence-corrected chi connectivity index (χ2v) is 5.02. The summed E-state index contributed by atoms with van der Waals surface area (Å²) < 4.78 is 13.4. The average Bonchev–Trinajstić information content (AvgIpc) is 2.32. The van der Waals surface area contributed by atoms with Crippen LogP contribution in [0.1, 0.15) is 5.56 Å². The first-order chi connectivity index (χ1) is 8.16. The number of benzene rings is 2. The van der Waals surface area contributed by atoms with Crippen molar-refractivity contribution < 1.29 is 4.39 Å². The van der Waals surface area contributed by atoms with Gasteiger partial charge in [0, 0.05) is 10.6 Å². The van der Waals surface area contributed by atoms with Crippen LogP contribution in [0, 0.1) is 5.82 Å². The zero-order valence-electron chi connectivity index (χ0n) is 8.99. The highest BCUT2D eigenvalue weighted by Crippen LogP contribution is 2.29. The number of nitrogens with two attached hydrogens (primary N) is 1. The quantitative estimate of drug-likeness (QED) is 0.661. The summed E-state index contributed by atoms with van der Waals surface area (Å²) in [5.41, 5.74) is 6.86. The minimum Gasteiger partial charge on any atom is -0.398 e. The van der Waals surface area contributed by atoms with Crippen LogP contribution in [0.15, 0.2) is 47.4 Å². The van der Waals surface area contributed by atoms with Crippen LogP contribution < -0.4 is 5.73 Å². The second kappa shape index (κ2) is 5.43. The van der Waals surface area contributed by atoms with Gasteiger partial charge in [0.25, 0.3) is 0 Å². The van der Waals surface area contributed by atoms with Gasteiger partial charge in [-0.05, 0) is 29.8 Å². The summed E-state index contributed by atoms with van der Waals surface area (Å²) in [7, 11) is 0. The van der Waals surface area contributed by atoms with Crippen LogP contribution in [0.4, 0.5) is 10.1 Å². The number of hydrogen-bond donors (Lipinski definition) is 1. The lowest BCUT2D eigenvalue weighted by molar-refractivity contribution is 0.617. The Labute approximate surface area is 109 Å². The Morgan fingerprint density at radius 2 is 1.94 bits per heavy atom. The molecule has 2 rings (SSSR count). The molecule has 0 saturated carbocycles. The molecule has 0 atom stereocenters. The van der Waals surface area contributed by atoms with Gasteiger partial charge in [0.15, 0.2) is 0 Å². The Bertz CT molecular complexity index is 531. The lowest BCUT2D eigenvalue weighted by atomic mass is 10.2. The summed E-state index contributed by atoms with van der Waals surface area (Å²) in [5, 5.41) is 0.531. The smallest absolute Gasteiger partial charge is 0.127 e. The van der Waals surface area contributed by atoms with E-state index in [0.29, 0.717) is 22.0 Å². The van der Waals surface area contributed by atoms with Gasteiger partial charge >= 0.3 is 0 Å². The van der Waals surface area contributed by atoms with E-state index in [9.17, 15) is 4.39 Å². The monoisotopic (exact) mass is 267 g/mol. The molecule has 0 aromatic heterocycles. The number of halogens is 2. The maximum Gasteiger partial charge on any atom is 0.127 e. The first-order valence-corrected chi connectivity index (χ1v) is 6.44. The number of hydrogen-bond acceptors (Lipinski definition) is 2. The third kappa shape index (κ3) is 3.14. The van der Waals surface area contributed by atoms with Gasteiger partial charge in [-0.1, -0.05) is 29.8 Å². The number of anilines is 1. The van der Waals surface area contributed by atoms with Crippen molar-refractivity contribution >= 4 is 29.1 Å². The fourth-order valence-electron chi connectivity index (χ4n) is 1.37. The van der Waals surface area contributed by atoms with Crippen molar-refractivity contribution in [2.24, 2.45) is 0 Å². The van der Waals surface area contributed by atoms with Gasteiger partial charge in [-0.15, -0.1) is 11.8 Å². The van der Waals surface area contributed by atoms with E-state index in [1.54, 1.807) is 24.3 Å². The molecule has 0 saturated heterocycles. The van der Waals surface area contributed by atoms with Crippen molar-refractivity contribution in [2.75, 3.05) is 5.73 Å². The average molecular weight is 268 g/mol. The molecule has 0 aliphatic rings. The molecule has 88 valence electrons. The molecule has 0 aliphatic carbocycles. The molecule has 0 amide bonds. The van der Waals surface area contributed by atoms with E-state index in [1.807, 2.05) is 12.1 Å². The molecule has 0 bridgehead atoms. The van der Waals surface area contributed by atoms with Crippen molar-refractivity contribution in [2.45, 2.75) is 10.6 Å². The van der Waals surface area contributed by atoms with Crippen LogP contribution in [0.2, 0.25) is 5.02 Å². The fourth-order valence-corrected chi connectivity index (χ4v) is 2.54. The Kier molecular flexibility index (Phi) is 3.92. The molecular weight excluding hydrogens is 257 g/mol. The number of nitrogen functional groups attached to an aromatic ring is 1. The van der Waals surface area contributed by atoms with Gasteiger partial charge in [-0.25, -0.2) is 4.39 Å². The van der Waals surface area contributed by atoms with E-state index in [1.165, 1.54) is 17.8 Å². The lowest BCUT2D eigenvalue weighted by Crippen LogP contribution is -1.88.